The van der Waals surface area contributed by atoms with E-state index in [-0.39, 0.29) is 0 Å². The lowest BCUT2D eigenvalue weighted by Crippen LogP contribution is -2.29. The highest BCUT2D eigenvalue weighted by Gasteiger charge is 2.24. The molecule has 0 fully saturated rings. The van der Waals surface area contributed by atoms with E-state index in [2.05, 4.69) is 5.32 Å². The van der Waals surface area contributed by atoms with E-state index in [9.17, 15) is 23.7 Å². The molecule has 0 aliphatic heterocycles. The first kappa shape index (κ1) is 15.0. The zero-order valence-electron chi connectivity index (χ0n) is 10.4. The van der Waals surface area contributed by atoms with Crippen molar-refractivity contribution >= 4 is 17.3 Å². The van der Waals surface area contributed by atoms with Gasteiger partial charge in [-0.3, -0.25) is 14.9 Å². The molecule has 1 aromatic rings. The van der Waals surface area contributed by atoms with Crippen molar-refractivity contribution in [2.75, 3.05) is 18.9 Å². The van der Waals surface area contributed by atoms with Gasteiger partial charge in [-0.2, -0.15) is 0 Å². The second-order valence-electron chi connectivity index (χ2n) is 3.96. The Morgan fingerprint density at radius 2 is 2.11 bits per heavy atom. The Hall–Kier alpha value is -2.09. The molecule has 2 N–H and O–H groups in total. The molecule has 1 rings (SSSR count). The summed E-state index contributed by atoms with van der Waals surface area (Å²) in [6.07, 6.45) is 0. The summed E-state index contributed by atoms with van der Waals surface area (Å²) in [5.74, 6) is -3.89. The molecule has 1 aromatic carbocycles. The zero-order chi connectivity index (χ0) is 14.6. The van der Waals surface area contributed by atoms with Gasteiger partial charge in [-0.25, -0.2) is 8.78 Å². The average molecular weight is 273 g/mol. The lowest BCUT2D eigenvalue weighted by molar-refractivity contribution is -0.384. The van der Waals surface area contributed by atoms with E-state index in [4.69, 9.17) is 0 Å². The van der Waals surface area contributed by atoms with Gasteiger partial charge in [0, 0.05) is 18.5 Å². The number of nitro groups is 1. The maximum Gasteiger partial charge on any atom is 0.296 e. The molecule has 0 aliphatic rings. The molecule has 0 heterocycles. The molecule has 1 amide bonds. The van der Waals surface area contributed by atoms with E-state index < -0.39 is 39.8 Å². The van der Waals surface area contributed by atoms with Crippen LogP contribution in [-0.2, 0) is 4.79 Å². The first-order valence-corrected chi connectivity index (χ1v) is 5.46. The van der Waals surface area contributed by atoms with Crippen LogP contribution in [0, 0.1) is 27.7 Å². The van der Waals surface area contributed by atoms with Crippen LogP contribution in [0.3, 0.4) is 0 Å². The Balaban J connectivity index is 3.08. The number of nitro benzene ring substituents is 1. The second-order valence-corrected chi connectivity index (χ2v) is 3.96. The number of rotatable bonds is 5. The molecule has 0 saturated carbocycles. The van der Waals surface area contributed by atoms with Gasteiger partial charge in [0.1, 0.15) is 0 Å². The Kier molecular flexibility index (Phi) is 4.87. The fraction of sp³-hybridized carbons (Fsp3) is 0.364. The van der Waals surface area contributed by atoms with Crippen LogP contribution >= 0.6 is 0 Å². The Morgan fingerprint density at radius 1 is 1.47 bits per heavy atom. The van der Waals surface area contributed by atoms with Crippen molar-refractivity contribution in [2.24, 2.45) is 5.92 Å². The van der Waals surface area contributed by atoms with Crippen molar-refractivity contribution in [1.29, 1.82) is 0 Å². The molecule has 6 nitrogen and oxygen atoms in total. The van der Waals surface area contributed by atoms with Crippen molar-refractivity contribution in [2.45, 2.75) is 6.92 Å². The zero-order valence-corrected chi connectivity index (χ0v) is 10.4. The number of carbonyl (C=O) groups excluding carboxylic acids is 1. The fourth-order valence-electron chi connectivity index (χ4n) is 1.46. The number of halogens is 2. The molecule has 0 spiro atoms. The molecule has 19 heavy (non-hydrogen) atoms. The Morgan fingerprint density at radius 3 is 2.63 bits per heavy atom. The minimum Gasteiger partial charge on any atom is -0.319 e. The molecule has 1 unspecified atom stereocenters. The van der Waals surface area contributed by atoms with Crippen LogP contribution in [0.4, 0.5) is 20.2 Å². The van der Waals surface area contributed by atoms with Crippen molar-refractivity contribution < 1.29 is 18.5 Å². The maximum atomic E-state index is 13.5. The molecule has 104 valence electrons. The molecule has 8 heteroatoms. The van der Waals surface area contributed by atoms with Gasteiger partial charge in [0.15, 0.2) is 17.3 Å². The molecule has 0 aliphatic carbocycles. The Bertz CT molecular complexity index is 508. The standard InChI is InChI=1S/C11H13F2N3O3/c1-6(5-14-2)11(17)15-10-8(16(18)19)4-3-7(12)9(10)13/h3-4,6,14H,5H2,1-2H3,(H,15,17). The van der Waals surface area contributed by atoms with Crippen molar-refractivity contribution in [1.82, 2.24) is 5.32 Å². The summed E-state index contributed by atoms with van der Waals surface area (Å²) in [6.45, 7) is 1.85. The predicted molar refractivity (Wildman–Crippen MR) is 64.7 cm³/mol. The highest BCUT2D eigenvalue weighted by atomic mass is 19.2. The lowest BCUT2D eigenvalue weighted by atomic mass is 10.1. The van der Waals surface area contributed by atoms with E-state index in [1.54, 1.807) is 14.0 Å². The number of nitrogens with one attached hydrogen (secondary N) is 2. The third kappa shape index (κ3) is 3.44. The topological polar surface area (TPSA) is 84.3 Å². The van der Waals surface area contributed by atoms with E-state index in [1.165, 1.54) is 0 Å². The predicted octanol–water partition coefficient (Wildman–Crippen LogP) is 1.67. The van der Waals surface area contributed by atoms with Crippen LogP contribution in [0.1, 0.15) is 6.92 Å². The van der Waals surface area contributed by atoms with E-state index in [1.807, 2.05) is 5.32 Å². The van der Waals surface area contributed by atoms with Crippen LogP contribution in [0.15, 0.2) is 12.1 Å². The van der Waals surface area contributed by atoms with Gasteiger partial charge in [-0.05, 0) is 13.1 Å². The monoisotopic (exact) mass is 273 g/mol. The summed E-state index contributed by atoms with van der Waals surface area (Å²) >= 11 is 0. The highest BCUT2D eigenvalue weighted by molar-refractivity contribution is 5.94. The van der Waals surface area contributed by atoms with E-state index >= 15 is 0 Å². The first-order valence-electron chi connectivity index (χ1n) is 5.46. The molecular weight excluding hydrogens is 260 g/mol. The fourth-order valence-corrected chi connectivity index (χ4v) is 1.46. The van der Waals surface area contributed by atoms with Crippen LogP contribution in [-0.4, -0.2) is 24.4 Å². The normalized spacial score (nSPS) is 12.0. The molecular formula is C11H13F2N3O3. The van der Waals surface area contributed by atoms with Gasteiger partial charge in [-0.1, -0.05) is 6.92 Å². The van der Waals surface area contributed by atoms with Gasteiger partial charge in [0.25, 0.3) is 5.69 Å². The van der Waals surface area contributed by atoms with Crippen molar-refractivity contribution in [3.63, 3.8) is 0 Å². The van der Waals surface area contributed by atoms with Gasteiger partial charge in [0.2, 0.25) is 5.91 Å². The number of hydrogen-bond donors (Lipinski definition) is 2. The summed E-state index contributed by atoms with van der Waals surface area (Å²) in [7, 11) is 1.62. The van der Waals surface area contributed by atoms with Crippen LogP contribution in [0.2, 0.25) is 0 Å². The first-order chi connectivity index (χ1) is 8.88. The third-order valence-electron chi connectivity index (χ3n) is 2.48. The van der Waals surface area contributed by atoms with E-state index in [0.29, 0.717) is 12.6 Å². The maximum absolute atomic E-state index is 13.5. The van der Waals surface area contributed by atoms with Gasteiger partial charge >= 0.3 is 0 Å². The molecule has 0 bridgehead atoms. The number of carbonyl (C=O) groups is 1. The minimum atomic E-state index is -1.45. The number of benzene rings is 1. The summed E-state index contributed by atoms with van der Waals surface area (Å²) in [4.78, 5) is 21.5. The van der Waals surface area contributed by atoms with Crippen LogP contribution in [0.25, 0.3) is 0 Å². The van der Waals surface area contributed by atoms with Crippen LogP contribution < -0.4 is 10.6 Å². The molecule has 1 atom stereocenters. The van der Waals surface area contributed by atoms with Gasteiger partial charge in [-0.15, -0.1) is 0 Å². The van der Waals surface area contributed by atoms with Crippen LogP contribution in [0.5, 0.6) is 0 Å². The molecule has 0 aromatic heterocycles. The smallest absolute Gasteiger partial charge is 0.296 e. The molecule has 0 saturated heterocycles. The van der Waals surface area contributed by atoms with Gasteiger partial charge < -0.3 is 10.6 Å². The lowest BCUT2D eigenvalue weighted by Gasteiger charge is -2.12. The number of anilines is 1. The average Bonchev–Trinajstić information content (AvgIpc) is 2.34. The minimum absolute atomic E-state index is 0.302. The molecule has 0 radical (unpaired) electrons. The van der Waals surface area contributed by atoms with Crippen molar-refractivity contribution in [3.8, 4) is 0 Å². The largest absolute Gasteiger partial charge is 0.319 e. The summed E-state index contributed by atoms with van der Waals surface area (Å²) < 4.78 is 26.6. The third-order valence-corrected chi connectivity index (χ3v) is 2.48. The Labute approximate surface area is 108 Å². The van der Waals surface area contributed by atoms with Crippen molar-refractivity contribution in [3.05, 3.63) is 33.9 Å². The number of amides is 1. The highest BCUT2D eigenvalue weighted by Crippen LogP contribution is 2.29. The quantitative estimate of drug-likeness (QED) is 0.631. The van der Waals surface area contributed by atoms with E-state index in [0.717, 1.165) is 6.07 Å². The number of hydrogen-bond acceptors (Lipinski definition) is 4. The second kappa shape index (κ2) is 6.19. The number of nitrogens with zero attached hydrogens (tertiary/aromatic N) is 1. The van der Waals surface area contributed by atoms with Gasteiger partial charge in [0.05, 0.1) is 4.92 Å². The summed E-state index contributed by atoms with van der Waals surface area (Å²) in [5.41, 5.74) is -1.44. The summed E-state index contributed by atoms with van der Waals surface area (Å²) in [5, 5.41) is 15.5. The SMILES string of the molecule is CNCC(C)C(=O)Nc1c([N+](=O)[O-])ccc(F)c1F. The summed E-state index contributed by atoms with van der Waals surface area (Å²) in [6, 6.07) is 1.44.